The normalized spacial score (nSPS) is 13.0. The monoisotopic (exact) mass is 456 g/mol. The molecular weight excluding hydrogens is 427 g/mol. The van der Waals surface area contributed by atoms with Crippen LogP contribution in [-0.2, 0) is 0 Å². The molecule has 1 atom stereocenters. The third kappa shape index (κ3) is 6.67. The van der Waals surface area contributed by atoms with Crippen LogP contribution in [0.5, 0.6) is 0 Å². The Morgan fingerprint density at radius 3 is 2.45 bits per heavy atom. The number of aromatic nitrogens is 1. The van der Waals surface area contributed by atoms with Gasteiger partial charge in [0.1, 0.15) is 5.84 Å². The second-order valence-corrected chi connectivity index (χ2v) is 8.52. The number of pyridine rings is 1. The quantitative estimate of drug-likeness (QED) is 0.280. The predicted octanol–water partition coefficient (Wildman–Crippen LogP) is 6.91. The predicted molar refractivity (Wildman–Crippen MR) is 135 cm³/mol. The lowest BCUT2D eigenvalue weighted by Crippen LogP contribution is -2.24. The van der Waals surface area contributed by atoms with Gasteiger partial charge in [-0.15, -0.1) is 0 Å². The Kier molecular flexibility index (Phi) is 8.70. The lowest BCUT2D eigenvalue weighted by Gasteiger charge is -2.19. The largest absolute Gasteiger partial charge is 0.339 e. The van der Waals surface area contributed by atoms with E-state index in [9.17, 15) is 0 Å². The number of amidine groups is 1. The molecule has 0 aliphatic heterocycles. The number of hydrogen-bond acceptors (Lipinski definition) is 3. The number of anilines is 1. The molecule has 1 unspecified atom stereocenters. The van der Waals surface area contributed by atoms with E-state index >= 15 is 0 Å². The van der Waals surface area contributed by atoms with Crippen molar-refractivity contribution in [3.63, 3.8) is 0 Å². The number of nitrogens with zero attached hydrogens (tertiary/aromatic N) is 3. The molecule has 0 aliphatic carbocycles. The Morgan fingerprint density at radius 2 is 1.74 bits per heavy atom. The zero-order valence-electron chi connectivity index (χ0n) is 18.4. The van der Waals surface area contributed by atoms with Crippen LogP contribution in [0.25, 0.3) is 10.9 Å². The molecule has 0 bridgehead atoms. The fraction of sp³-hybridized carbons (Fsp3) is 0.360. The van der Waals surface area contributed by atoms with Gasteiger partial charge in [0.2, 0.25) is 0 Å². The second kappa shape index (κ2) is 11.5. The molecule has 164 valence electrons. The van der Waals surface area contributed by atoms with Gasteiger partial charge in [0.25, 0.3) is 0 Å². The van der Waals surface area contributed by atoms with Crippen LogP contribution in [0.3, 0.4) is 0 Å². The van der Waals surface area contributed by atoms with Crippen molar-refractivity contribution >= 4 is 45.6 Å². The Morgan fingerprint density at radius 1 is 1.03 bits per heavy atom. The van der Waals surface area contributed by atoms with E-state index in [0.29, 0.717) is 10.0 Å². The average Bonchev–Trinajstić information content (AvgIpc) is 2.77. The van der Waals surface area contributed by atoms with Gasteiger partial charge in [0.05, 0.1) is 11.2 Å². The Balaban J connectivity index is 1.85. The first-order valence-electron chi connectivity index (χ1n) is 10.9. The molecule has 1 heterocycles. The van der Waals surface area contributed by atoms with Gasteiger partial charge >= 0.3 is 0 Å². The van der Waals surface area contributed by atoms with Crippen LogP contribution < -0.4 is 5.32 Å². The lowest BCUT2D eigenvalue weighted by atomic mass is 10.1. The molecule has 2 aromatic carbocycles. The van der Waals surface area contributed by atoms with E-state index in [4.69, 9.17) is 28.2 Å². The third-order valence-corrected chi connectivity index (χ3v) is 5.90. The highest BCUT2D eigenvalue weighted by molar-refractivity contribution is 6.31. The molecule has 31 heavy (non-hydrogen) atoms. The van der Waals surface area contributed by atoms with Gasteiger partial charge in [0.15, 0.2) is 0 Å². The SMILES string of the molecule is CCN(CC)CCCC(C)N=C(Nc1ccnc2cc(Cl)ccc12)c1ccc(Cl)cc1. The first-order chi connectivity index (χ1) is 15.0. The molecule has 0 fully saturated rings. The summed E-state index contributed by atoms with van der Waals surface area (Å²) in [5, 5.41) is 5.93. The first kappa shape index (κ1) is 23.5. The number of benzene rings is 2. The Hall–Kier alpha value is -2.14. The summed E-state index contributed by atoms with van der Waals surface area (Å²) in [6.45, 7) is 9.87. The summed E-state index contributed by atoms with van der Waals surface area (Å²) < 4.78 is 0. The maximum Gasteiger partial charge on any atom is 0.133 e. The molecule has 1 N–H and O–H groups in total. The number of fused-ring (bicyclic) bond motifs is 1. The van der Waals surface area contributed by atoms with Gasteiger partial charge in [0, 0.05) is 33.2 Å². The van der Waals surface area contributed by atoms with Crippen molar-refractivity contribution < 1.29 is 0 Å². The van der Waals surface area contributed by atoms with Crippen LogP contribution in [0.4, 0.5) is 5.69 Å². The maximum absolute atomic E-state index is 6.15. The summed E-state index contributed by atoms with van der Waals surface area (Å²) in [6.07, 6.45) is 3.94. The molecule has 0 saturated carbocycles. The molecule has 0 aliphatic rings. The fourth-order valence-electron chi connectivity index (χ4n) is 3.58. The summed E-state index contributed by atoms with van der Waals surface area (Å²) in [7, 11) is 0. The van der Waals surface area contributed by atoms with E-state index < -0.39 is 0 Å². The van der Waals surface area contributed by atoms with Crippen molar-refractivity contribution in [2.75, 3.05) is 25.0 Å². The zero-order valence-corrected chi connectivity index (χ0v) is 19.9. The molecule has 4 nitrogen and oxygen atoms in total. The standard InChI is InChI=1S/C25H30Cl2N4/c1-4-31(5-2)16-6-7-18(3)29-25(19-8-10-20(26)11-9-19)30-23-14-15-28-24-17-21(27)12-13-22(23)24/h8-15,17-18H,4-7,16H2,1-3H3,(H,28,29,30). The van der Waals surface area contributed by atoms with Crippen molar-refractivity contribution in [2.24, 2.45) is 4.99 Å². The smallest absolute Gasteiger partial charge is 0.133 e. The Bertz CT molecular complexity index is 1010. The minimum Gasteiger partial charge on any atom is -0.339 e. The highest BCUT2D eigenvalue weighted by Gasteiger charge is 2.11. The summed E-state index contributed by atoms with van der Waals surface area (Å²) in [4.78, 5) is 11.9. The number of halogens is 2. The lowest BCUT2D eigenvalue weighted by molar-refractivity contribution is 0.294. The molecular formula is C25H30Cl2N4. The highest BCUT2D eigenvalue weighted by atomic mass is 35.5. The summed E-state index contributed by atoms with van der Waals surface area (Å²) in [5.41, 5.74) is 2.80. The number of aliphatic imine (C=N–C) groups is 1. The summed E-state index contributed by atoms with van der Waals surface area (Å²) in [6, 6.07) is 15.7. The molecule has 1 aromatic heterocycles. The molecule has 3 rings (SSSR count). The van der Waals surface area contributed by atoms with Gasteiger partial charge < -0.3 is 10.2 Å². The van der Waals surface area contributed by atoms with Crippen LogP contribution in [0.15, 0.2) is 59.7 Å². The molecule has 0 spiro atoms. The van der Waals surface area contributed by atoms with Crippen molar-refractivity contribution in [3.8, 4) is 0 Å². The molecule has 3 aromatic rings. The average molecular weight is 457 g/mol. The van der Waals surface area contributed by atoms with E-state index in [0.717, 1.165) is 60.5 Å². The van der Waals surface area contributed by atoms with Crippen molar-refractivity contribution in [3.05, 3.63) is 70.3 Å². The van der Waals surface area contributed by atoms with Crippen molar-refractivity contribution in [2.45, 2.75) is 39.7 Å². The van der Waals surface area contributed by atoms with Crippen LogP contribution in [-0.4, -0.2) is 41.4 Å². The molecule has 0 radical (unpaired) electrons. The summed E-state index contributed by atoms with van der Waals surface area (Å²) >= 11 is 12.3. The second-order valence-electron chi connectivity index (χ2n) is 7.65. The van der Waals surface area contributed by atoms with Crippen LogP contribution in [0.2, 0.25) is 10.0 Å². The van der Waals surface area contributed by atoms with E-state index in [1.165, 1.54) is 0 Å². The Labute approximate surface area is 195 Å². The number of nitrogens with one attached hydrogen (secondary N) is 1. The van der Waals surface area contributed by atoms with E-state index in [-0.39, 0.29) is 6.04 Å². The van der Waals surface area contributed by atoms with Crippen LogP contribution >= 0.6 is 23.2 Å². The van der Waals surface area contributed by atoms with E-state index in [1.54, 1.807) is 6.20 Å². The molecule has 6 heteroatoms. The van der Waals surface area contributed by atoms with Crippen molar-refractivity contribution in [1.82, 2.24) is 9.88 Å². The topological polar surface area (TPSA) is 40.5 Å². The minimum absolute atomic E-state index is 0.191. The van der Waals surface area contributed by atoms with E-state index in [1.807, 2.05) is 48.5 Å². The fourth-order valence-corrected chi connectivity index (χ4v) is 3.87. The van der Waals surface area contributed by atoms with Gasteiger partial charge in [-0.3, -0.25) is 9.98 Å². The highest BCUT2D eigenvalue weighted by Crippen LogP contribution is 2.25. The van der Waals surface area contributed by atoms with Crippen molar-refractivity contribution in [1.29, 1.82) is 0 Å². The van der Waals surface area contributed by atoms with Gasteiger partial charge in [-0.05, 0) is 87.9 Å². The zero-order chi connectivity index (χ0) is 22.2. The van der Waals surface area contributed by atoms with Crippen LogP contribution in [0.1, 0.15) is 39.2 Å². The van der Waals surface area contributed by atoms with Gasteiger partial charge in [-0.2, -0.15) is 0 Å². The van der Waals surface area contributed by atoms with E-state index in [2.05, 4.69) is 36.0 Å². The third-order valence-electron chi connectivity index (χ3n) is 5.42. The maximum atomic E-state index is 6.15. The summed E-state index contributed by atoms with van der Waals surface area (Å²) in [5.74, 6) is 0.828. The minimum atomic E-state index is 0.191. The number of hydrogen-bond donors (Lipinski definition) is 1. The van der Waals surface area contributed by atoms with Crippen LogP contribution in [0, 0.1) is 0 Å². The molecule has 0 amide bonds. The first-order valence-corrected chi connectivity index (χ1v) is 11.6. The van der Waals surface area contributed by atoms with Gasteiger partial charge in [-0.25, -0.2) is 0 Å². The van der Waals surface area contributed by atoms with Gasteiger partial charge in [-0.1, -0.05) is 37.0 Å². The molecule has 0 saturated heterocycles. The number of rotatable bonds is 9.